The fourth-order valence-electron chi connectivity index (χ4n) is 3.06. The normalized spacial score (nSPS) is 12.5. The molecular formula is C25H33BrN2O4. The van der Waals surface area contributed by atoms with Crippen LogP contribution in [-0.4, -0.2) is 42.5 Å². The maximum absolute atomic E-state index is 13.1. The number of benzene rings is 2. The lowest BCUT2D eigenvalue weighted by Crippen LogP contribution is -2.49. The highest BCUT2D eigenvalue weighted by Crippen LogP contribution is 2.18. The third-order valence-electron chi connectivity index (χ3n) is 5.30. The summed E-state index contributed by atoms with van der Waals surface area (Å²) >= 11 is 3.43. The molecule has 0 saturated heterocycles. The summed E-state index contributed by atoms with van der Waals surface area (Å²) in [5, 5.41) is 2.98. The molecule has 0 unspecified atom stereocenters. The number of ether oxygens (including phenoxy) is 2. The highest BCUT2D eigenvalue weighted by Gasteiger charge is 2.26. The van der Waals surface area contributed by atoms with Crippen molar-refractivity contribution in [3.8, 4) is 11.5 Å². The molecular weight excluding hydrogens is 472 g/mol. The van der Waals surface area contributed by atoms with Crippen molar-refractivity contribution in [1.82, 2.24) is 10.2 Å². The number of nitrogens with zero attached hydrogens (tertiary/aromatic N) is 1. The van der Waals surface area contributed by atoms with E-state index in [2.05, 4.69) is 21.2 Å². The summed E-state index contributed by atoms with van der Waals surface area (Å²) in [4.78, 5) is 27.4. The van der Waals surface area contributed by atoms with Crippen LogP contribution in [0.15, 0.2) is 53.0 Å². The number of hydrogen-bond acceptors (Lipinski definition) is 4. The van der Waals surface area contributed by atoms with Crippen LogP contribution in [0.5, 0.6) is 11.5 Å². The van der Waals surface area contributed by atoms with E-state index in [1.54, 1.807) is 18.9 Å². The van der Waals surface area contributed by atoms with E-state index in [1.165, 1.54) is 0 Å². The molecule has 1 N–H and O–H groups in total. The Morgan fingerprint density at radius 2 is 1.66 bits per heavy atom. The average molecular weight is 505 g/mol. The number of hydrogen-bond donors (Lipinski definition) is 1. The zero-order chi connectivity index (χ0) is 23.5. The van der Waals surface area contributed by atoms with Gasteiger partial charge in [0.25, 0.3) is 0 Å². The number of amides is 2. The van der Waals surface area contributed by atoms with Crippen LogP contribution in [0.2, 0.25) is 0 Å². The van der Waals surface area contributed by atoms with Crippen LogP contribution in [-0.2, 0) is 16.1 Å². The lowest BCUT2D eigenvalue weighted by molar-refractivity contribution is -0.141. The number of carbonyl (C=O) groups is 2. The molecule has 0 aliphatic heterocycles. The average Bonchev–Trinajstić information content (AvgIpc) is 2.81. The summed E-state index contributed by atoms with van der Waals surface area (Å²) < 4.78 is 11.8. The summed E-state index contributed by atoms with van der Waals surface area (Å²) in [6.07, 6.45) is 1.69. The van der Waals surface area contributed by atoms with Gasteiger partial charge in [-0.05, 0) is 68.7 Å². The molecule has 7 heteroatoms. The van der Waals surface area contributed by atoms with Gasteiger partial charge in [-0.25, -0.2) is 0 Å². The fourth-order valence-corrected chi connectivity index (χ4v) is 3.33. The van der Waals surface area contributed by atoms with Crippen LogP contribution in [0, 0.1) is 0 Å². The predicted molar refractivity (Wildman–Crippen MR) is 130 cm³/mol. The molecule has 0 heterocycles. The highest BCUT2D eigenvalue weighted by atomic mass is 79.9. The van der Waals surface area contributed by atoms with Crippen LogP contribution >= 0.6 is 15.9 Å². The summed E-state index contributed by atoms with van der Waals surface area (Å²) in [7, 11) is 1.62. The molecule has 2 amide bonds. The smallest absolute Gasteiger partial charge is 0.242 e. The van der Waals surface area contributed by atoms with E-state index in [9.17, 15) is 9.59 Å². The van der Waals surface area contributed by atoms with E-state index in [0.717, 1.165) is 28.0 Å². The van der Waals surface area contributed by atoms with Crippen molar-refractivity contribution >= 4 is 27.7 Å². The van der Waals surface area contributed by atoms with Crippen LogP contribution in [0.3, 0.4) is 0 Å². The topological polar surface area (TPSA) is 67.9 Å². The maximum Gasteiger partial charge on any atom is 0.242 e. The van der Waals surface area contributed by atoms with Crippen LogP contribution in [0.4, 0.5) is 0 Å². The minimum atomic E-state index is -0.567. The summed E-state index contributed by atoms with van der Waals surface area (Å²) in [5.74, 6) is 1.28. The van der Waals surface area contributed by atoms with Gasteiger partial charge in [-0.2, -0.15) is 0 Å². The van der Waals surface area contributed by atoms with Gasteiger partial charge >= 0.3 is 0 Å². The van der Waals surface area contributed by atoms with E-state index in [1.807, 2.05) is 62.4 Å². The Morgan fingerprint density at radius 3 is 2.25 bits per heavy atom. The standard InChI is InChI=1S/C25H33BrN2O4/c1-5-18(2)27-25(30)19(3)28(17-20-8-10-21(26)11-9-20)24(29)7-6-16-32-23-14-12-22(31-4)13-15-23/h8-15,18-19H,5-7,16-17H2,1-4H3,(H,27,30)/t18-,19+/m0/s1. The first kappa shape index (κ1) is 25.7. The van der Waals surface area contributed by atoms with E-state index in [4.69, 9.17) is 9.47 Å². The molecule has 2 aromatic carbocycles. The Balaban J connectivity index is 1.98. The molecule has 0 spiro atoms. The highest BCUT2D eigenvalue weighted by molar-refractivity contribution is 9.10. The molecule has 0 aliphatic rings. The summed E-state index contributed by atoms with van der Waals surface area (Å²) in [5.41, 5.74) is 0.972. The molecule has 0 bridgehead atoms. The van der Waals surface area contributed by atoms with Crippen molar-refractivity contribution in [3.63, 3.8) is 0 Å². The third kappa shape index (κ3) is 8.19. The lowest BCUT2D eigenvalue weighted by Gasteiger charge is -2.29. The number of halogens is 1. The van der Waals surface area contributed by atoms with Crippen molar-refractivity contribution in [2.24, 2.45) is 0 Å². The van der Waals surface area contributed by atoms with Crippen molar-refractivity contribution in [1.29, 1.82) is 0 Å². The molecule has 0 aliphatic carbocycles. The van der Waals surface area contributed by atoms with E-state index < -0.39 is 6.04 Å². The summed E-state index contributed by atoms with van der Waals surface area (Å²) in [6, 6.07) is 14.6. The first-order chi connectivity index (χ1) is 15.3. The fraction of sp³-hybridized carbons (Fsp3) is 0.440. The van der Waals surface area contributed by atoms with Crippen molar-refractivity contribution in [2.45, 2.75) is 58.7 Å². The molecule has 2 atom stereocenters. The Kier molecular flexibility index (Phi) is 10.5. The number of nitrogens with one attached hydrogen (secondary N) is 1. The van der Waals surface area contributed by atoms with E-state index >= 15 is 0 Å². The van der Waals surface area contributed by atoms with Gasteiger partial charge in [0, 0.05) is 23.5 Å². The van der Waals surface area contributed by atoms with Gasteiger partial charge in [0.05, 0.1) is 13.7 Å². The predicted octanol–water partition coefficient (Wildman–Crippen LogP) is 4.95. The van der Waals surface area contributed by atoms with E-state index in [-0.39, 0.29) is 17.9 Å². The first-order valence-corrected chi connectivity index (χ1v) is 11.7. The summed E-state index contributed by atoms with van der Waals surface area (Å²) in [6.45, 7) is 6.55. The van der Waals surface area contributed by atoms with Crippen molar-refractivity contribution in [3.05, 3.63) is 58.6 Å². The number of rotatable bonds is 12. The number of methoxy groups -OCH3 is 1. The first-order valence-electron chi connectivity index (χ1n) is 10.9. The van der Waals surface area contributed by atoms with Gasteiger partial charge in [-0.15, -0.1) is 0 Å². The molecule has 0 radical (unpaired) electrons. The Labute approximate surface area is 199 Å². The van der Waals surface area contributed by atoms with Crippen LogP contribution in [0.1, 0.15) is 45.6 Å². The van der Waals surface area contributed by atoms with Crippen molar-refractivity contribution < 1.29 is 19.1 Å². The van der Waals surface area contributed by atoms with Gasteiger partial charge < -0.3 is 19.7 Å². The van der Waals surface area contributed by atoms with Gasteiger partial charge in [-0.3, -0.25) is 9.59 Å². The van der Waals surface area contributed by atoms with Gasteiger partial charge in [-0.1, -0.05) is 35.0 Å². The van der Waals surface area contributed by atoms with Gasteiger partial charge in [0.15, 0.2) is 0 Å². The zero-order valence-corrected chi connectivity index (χ0v) is 20.9. The largest absolute Gasteiger partial charge is 0.497 e. The van der Waals surface area contributed by atoms with Gasteiger partial charge in [0.1, 0.15) is 17.5 Å². The molecule has 2 aromatic rings. The quantitative estimate of drug-likeness (QED) is 0.415. The maximum atomic E-state index is 13.1. The minimum Gasteiger partial charge on any atom is -0.497 e. The lowest BCUT2D eigenvalue weighted by atomic mass is 10.1. The zero-order valence-electron chi connectivity index (χ0n) is 19.3. The molecule has 0 saturated carbocycles. The van der Waals surface area contributed by atoms with Crippen LogP contribution in [0.25, 0.3) is 0 Å². The molecule has 2 rings (SSSR count). The number of carbonyl (C=O) groups excluding carboxylic acids is 2. The van der Waals surface area contributed by atoms with Crippen LogP contribution < -0.4 is 14.8 Å². The Morgan fingerprint density at radius 1 is 1.03 bits per heavy atom. The molecule has 0 aromatic heterocycles. The minimum absolute atomic E-state index is 0.0625. The second-order valence-corrected chi connectivity index (χ2v) is 8.69. The molecule has 6 nitrogen and oxygen atoms in total. The Hall–Kier alpha value is -2.54. The second-order valence-electron chi connectivity index (χ2n) is 7.77. The molecule has 32 heavy (non-hydrogen) atoms. The van der Waals surface area contributed by atoms with Gasteiger partial charge in [0.2, 0.25) is 11.8 Å². The van der Waals surface area contributed by atoms with Crippen molar-refractivity contribution in [2.75, 3.05) is 13.7 Å². The molecule has 174 valence electrons. The Bertz CT molecular complexity index is 855. The SMILES string of the molecule is CC[C@H](C)NC(=O)[C@@H](C)N(Cc1ccc(Br)cc1)C(=O)CCCOc1ccc(OC)cc1. The second kappa shape index (κ2) is 13.1. The molecule has 0 fully saturated rings. The third-order valence-corrected chi connectivity index (χ3v) is 5.83. The monoisotopic (exact) mass is 504 g/mol. The van der Waals surface area contributed by atoms with E-state index in [0.29, 0.717) is 26.0 Å².